The number of allylic oxidation sites excluding steroid dienone is 2. The van der Waals surface area contributed by atoms with Gasteiger partial charge < -0.3 is 59.8 Å². The Balaban J connectivity index is 1.15. The molecule has 4 saturated carbocycles. The molecule has 18 atom stereocenters. The molecule has 2 aliphatic heterocycles. The van der Waals surface area contributed by atoms with Crippen molar-refractivity contribution in [2.75, 3.05) is 13.2 Å². The third-order valence-electron chi connectivity index (χ3n) is 17.3. The maximum atomic E-state index is 13.1. The summed E-state index contributed by atoms with van der Waals surface area (Å²) in [6, 6.07) is 0. The zero-order valence-electron chi connectivity index (χ0n) is 33.8. The smallest absolute Gasteiger partial charge is 0.310 e. The van der Waals surface area contributed by atoms with Crippen molar-refractivity contribution in [3.63, 3.8) is 0 Å². The first-order valence-electron chi connectivity index (χ1n) is 20.8. The Labute approximate surface area is 325 Å². The molecule has 7 rings (SSSR count). The normalized spacial score (nSPS) is 53.2. The number of hydrogen-bond acceptors (Lipinski definition) is 12. The van der Waals surface area contributed by atoms with E-state index in [1.54, 1.807) is 0 Å². The SMILES string of the molecule is CC1(C)CC[C@]2(C(=O)O)CC[C@]3(C)C(=CC[C@@H]4[C@@]5(C)CC[C@H](OC6OC(CO)C(O)C(O)C6OC6OC(CO)C(O)C(O)C6O)C(C)(C)[C@@H]5CC[C@]43C)[C@@H]2C1. The van der Waals surface area contributed by atoms with Gasteiger partial charge in [-0.05, 0) is 109 Å². The molecule has 13 nitrogen and oxygen atoms in total. The lowest BCUT2D eigenvalue weighted by Crippen LogP contribution is -2.67. The summed E-state index contributed by atoms with van der Waals surface area (Å²) in [6.45, 7) is 15.1. The van der Waals surface area contributed by atoms with Crippen LogP contribution in [0.25, 0.3) is 0 Å². The Morgan fingerprint density at radius 3 is 1.98 bits per heavy atom. The van der Waals surface area contributed by atoms with Crippen LogP contribution in [-0.2, 0) is 23.7 Å². The molecule has 5 aliphatic carbocycles. The van der Waals surface area contributed by atoms with Gasteiger partial charge in [0.05, 0.1) is 24.7 Å². The molecule has 0 radical (unpaired) electrons. The molecule has 0 amide bonds. The predicted molar refractivity (Wildman–Crippen MR) is 198 cm³/mol. The minimum absolute atomic E-state index is 0.0240. The Hall–Kier alpha value is -1.23. The van der Waals surface area contributed by atoms with Crippen LogP contribution < -0.4 is 0 Å². The summed E-state index contributed by atoms with van der Waals surface area (Å²) < 4.78 is 24.4. The Morgan fingerprint density at radius 2 is 1.35 bits per heavy atom. The van der Waals surface area contributed by atoms with Crippen LogP contribution in [0, 0.1) is 50.2 Å². The van der Waals surface area contributed by atoms with E-state index in [0.717, 1.165) is 51.4 Å². The molecule has 7 aliphatic rings. The van der Waals surface area contributed by atoms with E-state index in [4.69, 9.17) is 18.9 Å². The summed E-state index contributed by atoms with van der Waals surface area (Å²) in [5.41, 5.74) is 0.210. The topological polar surface area (TPSA) is 216 Å². The third kappa shape index (κ3) is 6.23. The van der Waals surface area contributed by atoms with Crippen molar-refractivity contribution in [3.05, 3.63) is 11.6 Å². The van der Waals surface area contributed by atoms with Crippen LogP contribution in [-0.4, -0.2) is 128 Å². The molecular formula is C42H68O13. The van der Waals surface area contributed by atoms with E-state index in [1.165, 1.54) is 5.57 Å². The second-order valence-electron chi connectivity index (χ2n) is 20.7. The van der Waals surface area contributed by atoms with Gasteiger partial charge in [0.1, 0.15) is 48.8 Å². The van der Waals surface area contributed by atoms with Gasteiger partial charge in [0.15, 0.2) is 12.6 Å². The zero-order chi connectivity index (χ0) is 40.3. The second kappa shape index (κ2) is 14.2. The van der Waals surface area contributed by atoms with E-state index in [2.05, 4.69) is 54.5 Å². The first-order valence-corrected chi connectivity index (χ1v) is 20.8. The van der Waals surface area contributed by atoms with E-state index in [-0.39, 0.29) is 39.6 Å². The van der Waals surface area contributed by atoms with Crippen LogP contribution in [0.4, 0.5) is 0 Å². The number of fused-ring (bicyclic) bond motifs is 7. The molecule has 0 bridgehead atoms. The number of carboxylic acids is 1. The summed E-state index contributed by atoms with van der Waals surface area (Å²) in [4.78, 5) is 13.1. The minimum Gasteiger partial charge on any atom is -0.481 e. The highest BCUT2D eigenvalue weighted by Gasteiger charge is 2.69. The molecule has 13 heteroatoms. The number of hydrogen-bond donors (Lipinski definition) is 8. The molecule has 2 saturated heterocycles. The van der Waals surface area contributed by atoms with Gasteiger partial charge in [0, 0.05) is 0 Å². The van der Waals surface area contributed by atoms with Gasteiger partial charge in [-0.1, -0.05) is 60.1 Å². The van der Waals surface area contributed by atoms with Crippen LogP contribution in [0.1, 0.15) is 113 Å². The number of ether oxygens (including phenoxy) is 4. The molecule has 10 unspecified atom stereocenters. The third-order valence-corrected chi connectivity index (χ3v) is 17.3. The lowest BCUT2D eigenvalue weighted by atomic mass is 9.33. The van der Waals surface area contributed by atoms with Gasteiger partial charge in [0.25, 0.3) is 0 Å². The number of rotatable bonds is 7. The minimum atomic E-state index is -1.75. The summed E-state index contributed by atoms with van der Waals surface area (Å²) in [5, 5.41) is 84.1. The Bertz CT molecular complexity index is 1480. The van der Waals surface area contributed by atoms with Crippen molar-refractivity contribution >= 4 is 5.97 Å². The van der Waals surface area contributed by atoms with Gasteiger partial charge in [-0.2, -0.15) is 0 Å². The summed E-state index contributed by atoms with van der Waals surface area (Å²) in [7, 11) is 0. The summed E-state index contributed by atoms with van der Waals surface area (Å²) >= 11 is 0. The summed E-state index contributed by atoms with van der Waals surface area (Å²) in [5.74, 6) is 0.0181. The molecule has 0 aromatic heterocycles. The van der Waals surface area contributed by atoms with Gasteiger partial charge in [-0.25, -0.2) is 0 Å². The van der Waals surface area contributed by atoms with Crippen molar-refractivity contribution < 1.29 is 64.6 Å². The highest BCUT2D eigenvalue weighted by Crippen LogP contribution is 2.76. The van der Waals surface area contributed by atoms with Crippen molar-refractivity contribution in [2.24, 2.45) is 50.2 Å². The van der Waals surface area contributed by atoms with Crippen LogP contribution in [0.15, 0.2) is 11.6 Å². The highest BCUT2D eigenvalue weighted by atomic mass is 16.8. The lowest BCUT2D eigenvalue weighted by molar-refractivity contribution is -0.378. The van der Waals surface area contributed by atoms with Gasteiger partial charge in [-0.15, -0.1) is 0 Å². The van der Waals surface area contributed by atoms with Crippen LogP contribution in [0.3, 0.4) is 0 Å². The van der Waals surface area contributed by atoms with Crippen LogP contribution >= 0.6 is 0 Å². The molecule has 0 aromatic rings. The van der Waals surface area contributed by atoms with Crippen molar-refractivity contribution in [1.29, 1.82) is 0 Å². The van der Waals surface area contributed by atoms with E-state index in [9.17, 15) is 45.6 Å². The van der Waals surface area contributed by atoms with Crippen LogP contribution in [0.5, 0.6) is 0 Å². The van der Waals surface area contributed by atoms with Gasteiger partial charge in [0.2, 0.25) is 0 Å². The van der Waals surface area contributed by atoms with Crippen molar-refractivity contribution in [3.8, 4) is 0 Å². The number of aliphatic hydroxyl groups is 7. The molecule has 6 fully saturated rings. The molecular weight excluding hydrogens is 712 g/mol. The average Bonchev–Trinajstić information content (AvgIpc) is 3.12. The number of carbonyl (C=O) groups is 1. The van der Waals surface area contributed by atoms with E-state index in [0.29, 0.717) is 18.8 Å². The fourth-order valence-electron chi connectivity index (χ4n) is 13.7. The standard InChI is InChI=1S/C42H68O13/c1-37(2)14-16-42(36(50)51)17-15-40(6)21(22(42)18-37)8-9-26-39(5)12-11-27(38(3,4)25(39)10-13-41(26,40)7)54-35-33(31(48)29(46)24(20-44)53-35)55-34-32(49)30(47)28(45)23(19-43)52-34/h8,22-35,43-49H,9-20H2,1-7H3,(H,50,51)/t22-,23?,24?,25-,26+,27-,28?,29?,30?,31?,32?,33?,34?,35?,39-,40+,41+,42-/m0/s1. The fourth-order valence-corrected chi connectivity index (χ4v) is 13.7. The fraction of sp³-hybridized carbons (Fsp3) is 0.929. The maximum absolute atomic E-state index is 13.1. The largest absolute Gasteiger partial charge is 0.481 e. The zero-order valence-corrected chi connectivity index (χ0v) is 33.8. The first kappa shape index (κ1) is 41.9. The molecule has 8 N–H and O–H groups in total. The molecule has 2 heterocycles. The first-order chi connectivity index (χ1) is 25.6. The van der Waals surface area contributed by atoms with Gasteiger partial charge >= 0.3 is 5.97 Å². The predicted octanol–water partition coefficient (Wildman–Crippen LogP) is 2.88. The van der Waals surface area contributed by atoms with Crippen molar-refractivity contribution in [1.82, 2.24) is 0 Å². The van der Waals surface area contributed by atoms with E-state index < -0.39 is 91.4 Å². The Morgan fingerprint density at radius 1 is 0.727 bits per heavy atom. The van der Waals surface area contributed by atoms with Crippen LogP contribution in [0.2, 0.25) is 0 Å². The van der Waals surface area contributed by atoms with E-state index >= 15 is 0 Å². The molecule has 0 spiro atoms. The van der Waals surface area contributed by atoms with E-state index in [1.807, 2.05) is 0 Å². The number of aliphatic hydroxyl groups excluding tert-OH is 7. The van der Waals surface area contributed by atoms with Gasteiger partial charge in [-0.3, -0.25) is 4.79 Å². The molecule has 55 heavy (non-hydrogen) atoms. The lowest BCUT2D eigenvalue weighted by Gasteiger charge is -2.71. The maximum Gasteiger partial charge on any atom is 0.310 e. The molecule has 0 aromatic carbocycles. The number of carboxylic acid groups (broad SMARTS) is 1. The quantitative estimate of drug-likeness (QED) is 0.138. The second-order valence-corrected chi connectivity index (χ2v) is 20.7. The summed E-state index contributed by atoms with van der Waals surface area (Å²) in [6.07, 6.45) is -4.41. The monoisotopic (exact) mass is 780 g/mol. The van der Waals surface area contributed by atoms with Crippen molar-refractivity contribution in [2.45, 2.75) is 180 Å². The highest BCUT2D eigenvalue weighted by molar-refractivity contribution is 5.76. The molecule has 314 valence electrons. The Kier molecular flexibility index (Phi) is 10.8. The number of aliphatic carboxylic acids is 1. The average molecular weight is 781 g/mol.